The maximum Gasteiger partial charge on any atom is 0.289 e. The number of hydrogen-bond donors (Lipinski definition) is 2. The minimum atomic E-state index is -0.969. The Labute approximate surface area is 304 Å². The van der Waals surface area contributed by atoms with Crippen molar-refractivity contribution in [2.75, 3.05) is 19.8 Å². The molecular formula is C38H38N4O7S2. The van der Waals surface area contributed by atoms with Crippen molar-refractivity contribution in [3.63, 3.8) is 0 Å². The number of aliphatic hydroxyl groups is 1. The highest BCUT2D eigenvalue weighted by atomic mass is 32.2. The molecule has 2 aromatic heterocycles. The lowest BCUT2D eigenvalue weighted by molar-refractivity contribution is -0.126. The zero-order chi connectivity index (χ0) is 35.7. The number of nitrogens with one attached hydrogen (secondary N) is 1. The fourth-order valence-corrected chi connectivity index (χ4v) is 7.51. The van der Waals surface area contributed by atoms with Gasteiger partial charge in [-0.25, -0.2) is 0 Å². The molecule has 2 saturated heterocycles. The maximum absolute atomic E-state index is 13.1. The number of thioether (sulfide) groups is 2. The van der Waals surface area contributed by atoms with Crippen molar-refractivity contribution in [3.8, 4) is 11.5 Å². The van der Waals surface area contributed by atoms with Crippen LogP contribution < -0.4 is 14.8 Å². The molecule has 2 aromatic carbocycles. The first-order valence-corrected chi connectivity index (χ1v) is 18.5. The molecule has 4 heterocycles. The van der Waals surface area contributed by atoms with Crippen molar-refractivity contribution in [2.45, 2.75) is 55.6 Å². The zero-order valence-corrected chi connectivity index (χ0v) is 29.7. The highest BCUT2D eigenvalue weighted by Gasteiger charge is 2.39. The number of nitrogens with zero attached hydrogens (tertiary/aromatic N) is 3. The molecule has 13 heteroatoms. The van der Waals surface area contributed by atoms with E-state index in [0.29, 0.717) is 43.7 Å². The number of carbonyl (C=O) groups excluding carboxylic acids is 4. The van der Waals surface area contributed by atoms with E-state index in [-0.39, 0.29) is 35.4 Å². The summed E-state index contributed by atoms with van der Waals surface area (Å²) in [5, 5.41) is 11.4. The summed E-state index contributed by atoms with van der Waals surface area (Å²) in [5.41, 5.74) is 5.30. The van der Waals surface area contributed by atoms with Crippen LogP contribution in [-0.2, 0) is 41.7 Å². The van der Waals surface area contributed by atoms with Crippen molar-refractivity contribution in [1.82, 2.24) is 20.2 Å². The Balaban J connectivity index is 0.912. The predicted octanol–water partition coefficient (Wildman–Crippen LogP) is 5.52. The fourth-order valence-electron chi connectivity index (χ4n) is 5.60. The Hall–Kier alpha value is -4.72. The van der Waals surface area contributed by atoms with Crippen LogP contribution in [0.2, 0.25) is 0 Å². The van der Waals surface area contributed by atoms with Crippen LogP contribution in [0.15, 0.2) is 85.2 Å². The molecule has 0 spiro atoms. The second-order valence-electron chi connectivity index (χ2n) is 12.2. The van der Waals surface area contributed by atoms with Crippen LogP contribution in [0.1, 0.15) is 46.7 Å². The number of imide groups is 2. The van der Waals surface area contributed by atoms with Crippen molar-refractivity contribution in [3.05, 3.63) is 119 Å². The molecule has 4 amide bonds. The molecule has 0 saturated carbocycles. The highest BCUT2D eigenvalue weighted by Crippen LogP contribution is 2.30. The molecule has 2 unspecified atom stereocenters. The van der Waals surface area contributed by atoms with Gasteiger partial charge in [-0.15, -0.1) is 0 Å². The standard InChI is InChI=1S/C38H38N4O7S2/c1-2-24-3-9-28(39-21-24)16-18-48-29-10-4-26(5-11-29)20-34-36(45)42(38(47)51-34)17-15-27-8-14-31(40-22-27)32(43)23-49-30-12-6-25(7-13-30)19-33-35(44)41-37(46)50-33/h3-14,21-22,32-34,43H,2,15-20,23H2,1H3,(H,41,44,46)/t32-,33?,34?/m0/s1. The van der Waals surface area contributed by atoms with E-state index in [1.807, 2.05) is 54.7 Å². The van der Waals surface area contributed by atoms with E-state index < -0.39 is 16.6 Å². The first-order valence-electron chi connectivity index (χ1n) is 16.8. The summed E-state index contributed by atoms with van der Waals surface area (Å²) >= 11 is 2.04. The molecule has 2 aliphatic heterocycles. The molecule has 2 fully saturated rings. The number of rotatable bonds is 16. The second kappa shape index (κ2) is 17.0. The SMILES string of the molecule is CCc1ccc(CCOc2ccc(CC3SC(=O)N(CCc4ccc([C@@H](O)COc5ccc(CC6SC(=O)NC6=O)cc5)nc4)C3=O)cc2)nc1. The van der Waals surface area contributed by atoms with Gasteiger partial charge >= 0.3 is 0 Å². The summed E-state index contributed by atoms with van der Waals surface area (Å²) in [4.78, 5) is 59.2. The number of aromatic nitrogens is 2. The number of aliphatic hydroxyl groups excluding tert-OH is 1. The third kappa shape index (κ3) is 9.75. The van der Waals surface area contributed by atoms with Gasteiger partial charge in [0.15, 0.2) is 0 Å². The van der Waals surface area contributed by atoms with Gasteiger partial charge in [-0.3, -0.25) is 39.4 Å². The zero-order valence-electron chi connectivity index (χ0n) is 28.0. The van der Waals surface area contributed by atoms with Crippen LogP contribution in [0.25, 0.3) is 0 Å². The van der Waals surface area contributed by atoms with Gasteiger partial charge in [0.25, 0.3) is 10.5 Å². The van der Waals surface area contributed by atoms with E-state index in [9.17, 15) is 24.3 Å². The van der Waals surface area contributed by atoms with E-state index in [0.717, 1.165) is 58.1 Å². The average molecular weight is 727 g/mol. The van der Waals surface area contributed by atoms with Crippen LogP contribution >= 0.6 is 23.5 Å². The number of aryl methyl sites for hydroxylation is 1. The third-order valence-electron chi connectivity index (χ3n) is 8.60. The largest absolute Gasteiger partial charge is 0.493 e. The number of benzene rings is 2. The summed E-state index contributed by atoms with van der Waals surface area (Å²) in [7, 11) is 0. The van der Waals surface area contributed by atoms with Crippen molar-refractivity contribution in [1.29, 1.82) is 0 Å². The van der Waals surface area contributed by atoms with Crippen LogP contribution in [-0.4, -0.2) is 72.5 Å². The molecule has 51 heavy (non-hydrogen) atoms. The summed E-state index contributed by atoms with van der Waals surface area (Å²) in [5.74, 6) is 0.811. The van der Waals surface area contributed by atoms with Crippen molar-refractivity contribution in [2.24, 2.45) is 0 Å². The van der Waals surface area contributed by atoms with Gasteiger partial charge in [-0.05, 0) is 84.3 Å². The van der Waals surface area contributed by atoms with Crippen molar-refractivity contribution < 1.29 is 33.8 Å². The topological polar surface area (TPSA) is 148 Å². The van der Waals surface area contributed by atoms with Gasteiger partial charge in [-0.1, -0.05) is 66.8 Å². The number of hydrogen-bond acceptors (Lipinski definition) is 11. The first-order chi connectivity index (χ1) is 24.7. The average Bonchev–Trinajstić information content (AvgIpc) is 3.61. The lowest BCUT2D eigenvalue weighted by Crippen LogP contribution is -2.33. The second-order valence-corrected chi connectivity index (χ2v) is 14.5. The molecule has 264 valence electrons. The Morgan fingerprint density at radius 3 is 2.02 bits per heavy atom. The van der Waals surface area contributed by atoms with Gasteiger partial charge in [0.05, 0.1) is 22.8 Å². The van der Waals surface area contributed by atoms with E-state index in [1.165, 1.54) is 10.5 Å². The van der Waals surface area contributed by atoms with Crippen molar-refractivity contribution >= 4 is 45.8 Å². The minimum absolute atomic E-state index is 0.0158. The molecule has 0 radical (unpaired) electrons. The summed E-state index contributed by atoms with van der Waals surface area (Å²) < 4.78 is 11.6. The Morgan fingerprint density at radius 2 is 1.41 bits per heavy atom. The lowest BCUT2D eigenvalue weighted by Gasteiger charge is -2.15. The predicted molar refractivity (Wildman–Crippen MR) is 195 cm³/mol. The first kappa shape index (κ1) is 36.1. The number of pyridine rings is 2. The van der Waals surface area contributed by atoms with Gasteiger partial charge < -0.3 is 14.6 Å². The fraction of sp³-hybridized carbons (Fsp3) is 0.316. The monoisotopic (exact) mass is 726 g/mol. The van der Waals surface area contributed by atoms with Crippen LogP contribution in [0.4, 0.5) is 9.59 Å². The molecule has 3 atom stereocenters. The molecule has 11 nitrogen and oxygen atoms in total. The maximum atomic E-state index is 13.1. The third-order valence-corrected chi connectivity index (χ3v) is 10.7. The van der Waals surface area contributed by atoms with Gasteiger partial charge in [-0.2, -0.15) is 0 Å². The van der Waals surface area contributed by atoms with Crippen LogP contribution in [0.5, 0.6) is 11.5 Å². The molecule has 6 rings (SSSR count). The van der Waals surface area contributed by atoms with E-state index in [4.69, 9.17) is 9.47 Å². The number of amides is 4. The highest BCUT2D eigenvalue weighted by molar-refractivity contribution is 8.15. The smallest absolute Gasteiger partial charge is 0.289 e. The van der Waals surface area contributed by atoms with Gasteiger partial charge in [0, 0.05) is 31.1 Å². The normalized spacial score (nSPS) is 17.9. The van der Waals surface area contributed by atoms with Gasteiger partial charge in [0.2, 0.25) is 11.8 Å². The van der Waals surface area contributed by atoms with E-state index >= 15 is 0 Å². The number of ether oxygens (including phenoxy) is 2. The van der Waals surface area contributed by atoms with E-state index in [2.05, 4.69) is 28.3 Å². The molecular weight excluding hydrogens is 689 g/mol. The van der Waals surface area contributed by atoms with Crippen LogP contribution in [0.3, 0.4) is 0 Å². The van der Waals surface area contributed by atoms with Crippen LogP contribution in [0, 0.1) is 0 Å². The Morgan fingerprint density at radius 1 is 0.765 bits per heavy atom. The van der Waals surface area contributed by atoms with Gasteiger partial charge in [0.1, 0.15) is 24.2 Å². The molecule has 2 aliphatic rings. The lowest BCUT2D eigenvalue weighted by atomic mass is 10.1. The minimum Gasteiger partial charge on any atom is -0.493 e. The quantitative estimate of drug-likeness (QED) is 0.151. The van der Waals surface area contributed by atoms with E-state index in [1.54, 1.807) is 24.4 Å². The summed E-state index contributed by atoms with van der Waals surface area (Å²) in [6, 6.07) is 22.4. The summed E-state index contributed by atoms with van der Waals surface area (Å²) in [6.07, 6.45) is 5.55. The summed E-state index contributed by atoms with van der Waals surface area (Å²) in [6.45, 7) is 2.84. The molecule has 0 bridgehead atoms. The number of carbonyl (C=O) groups is 4. The Bertz CT molecular complexity index is 1840. The Kier molecular flexibility index (Phi) is 12.0. The molecule has 2 N–H and O–H groups in total. The molecule has 4 aromatic rings. The molecule has 0 aliphatic carbocycles.